The summed E-state index contributed by atoms with van der Waals surface area (Å²) in [6.45, 7) is 5.78. The van der Waals surface area contributed by atoms with Crippen LogP contribution in [0.2, 0.25) is 0 Å². The van der Waals surface area contributed by atoms with E-state index in [9.17, 15) is 14.7 Å². The van der Waals surface area contributed by atoms with Gasteiger partial charge in [0.15, 0.2) is 0 Å². The van der Waals surface area contributed by atoms with Crippen molar-refractivity contribution in [2.75, 3.05) is 19.7 Å². The van der Waals surface area contributed by atoms with Crippen molar-refractivity contribution in [2.24, 2.45) is 11.8 Å². The lowest BCUT2D eigenvalue weighted by Gasteiger charge is -2.25. The molecule has 2 fully saturated rings. The van der Waals surface area contributed by atoms with Crippen molar-refractivity contribution in [1.29, 1.82) is 0 Å². The summed E-state index contributed by atoms with van der Waals surface area (Å²) in [6, 6.07) is -0.958. The third kappa shape index (κ3) is 3.06. The van der Waals surface area contributed by atoms with Crippen LogP contribution in [0.25, 0.3) is 0 Å². The van der Waals surface area contributed by atoms with Gasteiger partial charge in [-0.25, -0.2) is 9.59 Å². The lowest BCUT2D eigenvalue weighted by Crippen LogP contribution is -2.48. The first-order valence-corrected chi connectivity index (χ1v) is 7.43. The Bertz CT molecular complexity index is 374. The highest BCUT2D eigenvalue weighted by molar-refractivity contribution is 5.83. The Labute approximate surface area is 119 Å². The molecule has 2 amide bonds. The van der Waals surface area contributed by atoms with Gasteiger partial charge in [0, 0.05) is 25.6 Å². The molecule has 2 saturated heterocycles. The van der Waals surface area contributed by atoms with Crippen LogP contribution < -0.4 is 5.32 Å². The first-order chi connectivity index (χ1) is 9.54. The number of carboxylic acids is 1. The van der Waals surface area contributed by atoms with Crippen LogP contribution in [-0.4, -0.2) is 53.8 Å². The molecule has 2 N–H and O–H groups in total. The molecular formula is C14H24N2O4. The number of hydrogen-bond acceptors (Lipinski definition) is 3. The van der Waals surface area contributed by atoms with Crippen molar-refractivity contribution in [3.05, 3.63) is 0 Å². The van der Waals surface area contributed by atoms with Gasteiger partial charge in [-0.05, 0) is 25.2 Å². The summed E-state index contributed by atoms with van der Waals surface area (Å²) in [5, 5.41) is 12.1. The van der Waals surface area contributed by atoms with E-state index in [1.165, 1.54) is 4.90 Å². The maximum absolute atomic E-state index is 12.2. The molecule has 0 bridgehead atoms. The van der Waals surface area contributed by atoms with Gasteiger partial charge in [0.25, 0.3) is 0 Å². The molecule has 6 heteroatoms. The van der Waals surface area contributed by atoms with Gasteiger partial charge in [-0.3, -0.25) is 0 Å². The van der Waals surface area contributed by atoms with Crippen LogP contribution in [-0.2, 0) is 9.53 Å². The molecule has 0 saturated carbocycles. The molecule has 4 atom stereocenters. The first-order valence-electron chi connectivity index (χ1n) is 7.43. The lowest BCUT2D eigenvalue weighted by molar-refractivity contribution is -0.142. The molecular weight excluding hydrogens is 260 g/mol. The summed E-state index contributed by atoms with van der Waals surface area (Å²) in [6.07, 6.45) is 2.86. The minimum absolute atomic E-state index is 0.0106. The molecule has 0 aromatic carbocycles. The van der Waals surface area contributed by atoms with E-state index in [0.717, 1.165) is 25.9 Å². The zero-order valence-corrected chi connectivity index (χ0v) is 12.2. The van der Waals surface area contributed by atoms with Crippen molar-refractivity contribution in [2.45, 2.75) is 45.3 Å². The van der Waals surface area contributed by atoms with Gasteiger partial charge in [-0.2, -0.15) is 0 Å². The number of urea groups is 1. The predicted octanol–water partition coefficient (Wildman–Crippen LogP) is 1.31. The van der Waals surface area contributed by atoms with E-state index in [2.05, 4.69) is 12.2 Å². The molecule has 0 spiro atoms. The lowest BCUT2D eigenvalue weighted by atomic mass is 10.00. The highest BCUT2D eigenvalue weighted by Gasteiger charge is 2.39. The second-order valence-electron chi connectivity index (χ2n) is 5.79. The predicted molar refractivity (Wildman–Crippen MR) is 73.4 cm³/mol. The number of aliphatic carboxylic acids is 1. The number of rotatable bonds is 4. The Hall–Kier alpha value is -1.30. The van der Waals surface area contributed by atoms with E-state index in [4.69, 9.17) is 4.74 Å². The Morgan fingerprint density at radius 3 is 2.80 bits per heavy atom. The normalized spacial score (nSPS) is 33.4. The summed E-state index contributed by atoms with van der Waals surface area (Å²) in [5.74, 6) is -0.565. The summed E-state index contributed by atoms with van der Waals surface area (Å²) >= 11 is 0. The second kappa shape index (κ2) is 6.43. The fourth-order valence-corrected chi connectivity index (χ4v) is 3.25. The number of carboxylic acid groups (broad SMARTS) is 1. The fraction of sp³-hybridized carbons (Fsp3) is 0.857. The van der Waals surface area contributed by atoms with E-state index in [-0.39, 0.29) is 18.1 Å². The summed E-state index contributed by atoms with van der Waals surface area (Å²) in [7, 11) is 0. The van der Waals surface area contributed by atoms with Crippen LogP contribution >= 0.6 is 0 Å². The Morgan fingerprint density at radius 1 is 1.40 bits per heavy atom. The van der Waals surface area contributed by atoms with Crippen LogP contribution in [0.3, 0.4) is 0 Å². The maximum atomic E-state index is 12.2. The Kier molecular flexibility index (Phi) is 4.86. The highest BCUT2D eigenvalue weighted by atomic mass is 16.5. The van der Waals surface area contributed by atoms with Crippen molar-refractivity contribution >= 4 is 12.0 Å². The van der Waals surface area contributed by atoms with Crippen LogP contribution in [0.1, 0.15) is 33.1 Å². The molecule has 2 heterocycles. The molecule has 0 aromatic heterocycles. The molecule has 0 aliphatic carbocycles. The summed E-state index contributed by atoms with van der Waals surface area (Å²) in [4.78, 5) is 24.9. The number of carbonyl (C=O) groups excluding carboxylic acids is 1. The summed E-state index contributed by atoms with van der Waals surface area (Å²) in [5.41, 5.74) is 0. The van der Waals surface area contributed by atoms with Gasteiger partial charge in [-0.1, -0.05) is 13.8 Å². The largest absolute Gasteiger partial charge is 0.480 e. The SMILES string of the molecule is CCC1OCCC1CNC(=O)N1CCC(C)C1C(=O)O. The van der Waals surface area contributed by atoms with Gasteiger partial charge < -0.3 is 20.1 Å². The molecule has 6 nitrogen and oxygen atoms in total. The number of ether oxygens (including phenoxy) is 1. The molecule has 0 radical (unpaired) electrons. The number of nitrogens with one attached hydrogen (secondary N) is 1. The smallest absolute Gasteiger partial charge is 0.326 e. The van der Waals surface area contributed by atoms with Crippen LogP contribution in [0.15, 0.2) is 0 Å². The quantitative estimate of drug-likeness (QED) is 0.815. The first kappa shape index (κ1) is 15.1. The molecule has 2 rings (SSSR count). The van der Waals surface area contributed by atoms with Crippen molar-refractivity contribution in [1.82, 2.24) is 10.2 Å². The van der Waals surface area contributed by atoms with Crippen molar-refractivity contribution < 1.29 is 19.4 Å². The van der Waals surface area contributed by atoms with Gasteiger partial charge in [0.2, 0.25) is 0 Å². The Balaban J connectivity index is 1.87. The van der Waals surface area contributed by atoms with E-state index >= 15 is 0 Å². The van der Waals surface area contributed by atoms with E-state index in [1.54, 1.807) is 0 Å². The van der Waals surface area contributed by atoms with Gasteiger partial charge in [-0.15, -0.1) is 0 Å². The Morgan fingerprint density at radius 2 is 2.15 bits per heavy atom. The average Bonchev–Trinajstić information content (AvgIpc) is 3.01. The maximum Gasteiger partial charge on any atom is 0.326 e. The molecule has 20 heavy (non-hydrogen) atoms. The number of likely N-dealkylation sites (tertiary alicyclic amines) is 1. The summed E-state index contributed by atoms with van der Waals surface area (Å²) < 4.78 is 5.59. The number of hydrogen-bond donors (Lipinski definition) is 2. The average molecular weight is 284 g/mol. The van der Waals surface area contributed by atoms with Gasteiger partial charge in [0.1, 0.15) is 6.04 Å². The number of amides is 2. The zero-order valence-electron chi connectivity index (χ0n) is 12.2. The minimum atomic E-state index is -0.916. The fourth-order valence-electron chi connectivity index (χ4n) is 3.25. The van der Waals surface area contributed by atoms with Crippen molar-refractivity contribution in [3.63, 3.8) is 0 Å². The van der Waals surface area contributed by atoms with E-state index in [0.29, 0.717) is 19.0 Å². The van der Waals surface area contributed by atoms with Crippen LogP contribution in [0.5, 0.6) is 0 Å². The molecule has 2 aliphatic heterocycles. The standard InChI is InChI=1S/C14H24N2O4/c1-3-11-10(5-7-20-11)8-15-14(19)16-6-4-9(2)12(16)13(17)18/h9-12H,3-8H2,1-2H3,(H,15,19)(H,17,18). The van der Waals surface area contributed by atoms with Crippen LogP contribution in [0, 0.1) is 11.8 Å². The number of carbonyl (C=O) groups is 2. The topological polar surface area (TPSA) is 78.9 Å². The third-order valence-corrected chi connectivity index (χ3v) is 4.48. The van der Waals surface area contributed by atoms with Crippen molar-refractivity contribution in [3.8, 4) is 0 Å². The highest BCUT2D eigenvalue weighted by Crippen LogP contribution is 2.25. The molecule has 114 valence electrons. The van der Waals surface area contributed by atoms with Crippen LogP contribution in [0.4, 0.5) is 4.79 Å². The molecule has 4 unspecified atom stereocenters. The number of nitrogens with zero attached hydrogens (tertiary/aromatic N) is 1. The monoisotopic (exact) mass is 284 g/mol. The second-order valence-corrected chi connectivity index (χ2v) is 5.79. The zero-order chi connectivity index (χ0) is 14.7. The van der Waals surface area contributed by atoms with Gasteiger partial charge >= 0.3 is 12.0 Å². The molecule has 0 aromatic rings. The van der Waals surface area contributed by atoms with E-state index < -0.39 is 12.0 Å². The van der Waals surface area contributed by atoms with E-state index in [1.807, 2.05) is 6.92 Å². The third-order valence-electron chi connectivity index (χ3n) is 4.48. The molecule has 2 aliphatic rings. The minimum Gasteiger partial charge on any atom is -0.480 e. The van der Waals surface area contributed by atoms with Gasteiger partial charge in [0.05, 0.1) is 6.10 Å².